The Morgan fingerprint density at radius 2 is 2.23 bits per heavy atom. The average molecular weight is 296 g/mol. The smallest absolute Gasteiger partial charge is 0.328 e. The summed E-state index contributed by atoms with van der Waals surface area (Å²) in [5.74, 6) is -1.13. The second kappa shape index (κ2) is 3.73. The monoisotopic (exact) mass is 296 g/mol. The number of aromatic nitrogens is 2. The SMILES string of the molecule is O=C(O)Cn1cc(I)c(=O)[nH]c1=O. The molecule has 0 aliphatic carbocycles. The van der Waals surface area contributed by atoms with Gasteiger partial charge in [-0.15, -0.1) is 0 Å². The first kappa shape index (κ1) is 9.96. The quantitative estimate of drug-likeness (QED) is 0.701. The van der Waals surface area contributed by atoms with Gasteiger partial charge >= 0.3 is 11.7 Å². The molecule has 1 aromatic rings. The zero-order valence-electron chi connectivity index (χ0n) is 6.28. The minimum absolute atomic E-state index is 0.276. The Kier molecular flexibility index (Phi) is 2.86. The van der Waals surface area contributed by atoms with Crippen LogP contribution in [-0.2, 0) is 11.3 Å². The maximum atomic E-state index is 11.0. The maximum absolute atomic E-state index is 11.0. The number of aliphatic carboxylic acids is 1. The standard InChI is InChI=1S/C6H5IN2O4/c7-3-1-9(2-4(10)11)6(13)8-5(3)12/h1H,2H2,(H,10,11)(H,8,12,13). The number of carboxylic acid groups (broad SMARTS) is 1. The maximum Gasteiger partial charge on any atom is 0.328 e. The van der Waals surface area contributed by atoms with Crippen LogP contribution >= 0.6 is 22.6 Å². The first-order valence-electron chi connectivity index (χ1n) is 3.22. The van der Waals surface area contributed by atoms with Gasteiger partial charge in [-0.05, 0) is 22.6 Å². The minimum Gasteiger partial charge on any atom is -0.480 e. The van der Waals surface area contributed by atoms with Gasteiger partial charge in [-0.25, -0.2) is 4.79 Å². The van der Waals surface area contributed by atoms with Crippen molar-refractivity contribution < 1.29 is 9.90 Å². The molecule has 0 radical (unpaired) electrons. The molecule has 2 N–H and O–H groups in total. The summed E-state index contributed by atoms with van der Waals surface area (Å²) in [6.07, 6.45) is 1.20. The number of hydrogen-bond acceptors (Lipinski definition) is 3. The van der Waals surface area contributed by atoms with E-state index in [1.54, 1.807) is 22.6 Å². The summed E-state index contributed by atoms with van der Waals surface area (Å²) in [5, 5.41) is 8.40. The predicted octanol–water partition coefficient (Wildman–Crippen LogP) is -0.774. The van der Waals surface area contributed by atoms with E-state index < -0.39 is 23.8 Å². The molecular formula is C6H5IN2O4. The summed E-state index contributed by atoms with van der Waals surface area (Å²) in [6.45, 7) is -0.453. The zero-order chi connectivity index (χ0) is 10.0. The van der Waals surface area contributed by atoms with Gasteiger partial charge in [-0.3, -0.25) is 19.1 Å². The van der Waals surface area contributed by atoms with Gasteiger partial charge in [0.2, 0.25) is 0 Å². The molecule has 0 spiro atoms. The van der Waals surface area contributed by atoms with Crippen molar-refractivity contribution in [2.24, 2.45) is 0 Å². The summed E-state index contributed by atoms with van der Waals surface area (Å²) in [4.78, 5) is 34.1. The molecule has 13 heavy (non-hydrogen) atoms. The molecule has 0 aliphatic heterocycles. The predicted molar refractivity (Wildman–Crippen MR) is 51.7 cm³/mol. The van der Waals surface area contributed by atoms with Crippen molar-refractivity contribution in [3.63, 3.8) is 0 Å². The van der Waals surface area contributed by atoms with Crippen molar-refractivity contribution in [2.45, 2.75) is 6.54 Å². The van der Waals surface area contributed by atoms with Crippen molar-refractivity contribution in [1.82, 2.24) is 9.55 Å². The van der Waals surface area contributed by atoms with Crippen LogP contribution in [0.25, 0.3) is 0 Å². The molecule has 0 fully saturated rings. The van der Waals surface area contributed by atoms with E-state index in [-0.39, 0.29) is 3.57 Å². The summed E-state index contributed by atoms with van der Waals surface area (Å²) < 4.78 is 1.20. The Morgan fingerprint density at radius 1 is 1.62 bits per heavy atom. The lowest BCUT2D eigenvalue weighted by Crippen LogP contribution is -2.32. The van der Waals surface area contributed by atoms with Gasteiger partial charge in [0.15, 0.2) is 0 Å². The molecule has 1 heterocycles. The summed E-state index contributed by atoms with van der Waals surface area (Å²) in [7, 11) is 0. The van der Waals surface area contributed by atoms with Crippen molar-refractivity contribution in [3.8, 4) is 0 Å². The van der Waals surface area contributed by atoms with E-state index in [1.807, 2.05) is 4.98 Å². The highest BCUT2D eigenvalue weighted by molar-refractivity contribution is 14.1. The lowest BCUT2D eigenvalue weighted by atomic mass is 10.6. The van der Waals surface area contributed by atoms with Crippen LogP contribution in [0.15, 0.2) is 15.8 Å². The van der Waals surface area contributed by atoms with Crippen molar-refractivity contribution in [2.75, 3.05) is 0 Å². The highest BCUT2D eigenvalue weighted by Gasteiger charge is 2.04. The fourth-order valence-electron chi connectivity index (χ4n) is 0.746. The molecule has 6 nitrogen and oxygen atoms in total. The van der Waals surface area contributed by atoms with Crippen LogP contribution in [-0.4, -0.2) is 20.6 Å². The van der Waals surface area contributed by atoms with Gasteiger partial charge in [0.05, 0.1) is 3.57 Å². The van der Waals surface area contributed by atoms with Gasteiger partial charge in [0.25, 0.3) is 5.56 Å². The number of H-pyrrole nitrogens is 1. The fraction of sp³-hybridized carbons (Fsp3) is 0.167. The number of nitrogens with one attached hydrogen (secondary N) is 1. The lowest BCUT2D eigenvalue weighted by molar-refractivity contribution is -0.137. The number of rotatable bonds is 2. The number of carbonyl (C=O) groups is 1. The van der Waals surface area contributed by atoms with Crippen LogP contribution in [0.2, 0.25) is 0 Å². The molecule has 1 rings (SSSR count). The first-order chi connectivity index (χ1) is 6.00. The lowest BCUT2D eigenvalue weighted by Gasteiger charge is -2.00. The number of hydrogen-bond donors (Lipinski definition) is 2. The van der Waals surface area contributed by atoms with E-state index in [2.05, 4.69) is 0 Å². The zero-order valence-corrected chi connectivity index (χ0v) is 8.44. The molecule has 0 aromatic carbocycles. The molecule has 7 heteroatoms. The van der Waals surface area contributed by atoms with E-state index in [9.17, 15) is 14.4 Å². The third-order valence-electron chi connectivity index (χ3n) is 1.27. The largest absolute Gasteiger partial charge is 0.480 e. The normalized spacial score (nSPS) is 9.92. The van der Waals surface area contributed by atoms with Crippen LogP contribution < -0.4 is 11.2 Å². The minimum atomic E-state index is -1.13. The molecule has 1 aromatic heterocycles. The molecule has 0 bridgehead atoms. The Balaban J connectivity index is 3.24. The topological polar surface area (TPSA) is 92.2 Å². The summed E-state index contributed by atoms with van der Waals surface area (Å²) in [6, 6.07) is 0. The first-order valence-corrected chi connectivity index (χ1v) is 4.29. The number of aromatic amines is 1. The van der Waals surface area contributed by atoms with E-state index >= 15 is 0 Å². The molecular weight excluding hydrogens is 291 g/mol. The molecule has 0 atom stereocenters. The Morgan fingerprint density at radius 3 is 2.77 bits per heavy atom. The average Bonchev–Trinajstić information content (AvgIpc) is 1.99. The number of halogens is 1. The Labute approximate surface area is 85.4 Å². The molecule has 70 valence electrons. The molecule has 0 aliphatic rings. The fourth-order valence-corrected chi connectivity index (χ4v) is 1.22. The van der Waals surface area contributed by atoms with E-state index in [4.69, 9.17) is 5.11 Å². The van der Waals surface area contributed by atoms with Crippen LogP contribution in [0, 0.1) is 3.57 Å². The number of carboxylic acids is 1. The van der Waals surface area contributed by atoms with Gasteiger partial charge in [0.1, 0.15) is 6.54 Å². The van der Waals surface area contributed by atoms with Gasteiger partial charge in [-0.2, -0.15) is 0 Å². The van der Waals surface area contributed by atoms with Crippen LogP contribution in [0.3, 0.4) is 0 Å². The molecule has 0 amide bonds. The number of nitrogens with zero attached hydrogens (tertiary/aromatic N) is 1. The van der Waals surface area contributed by atoms with Crippen molar-refractivity contribution in [3.05, 3.63) is 30.6 Å². The third-order valence-corrected chi connectivity index (χ3v) is 2.04. The molecule has 0 saturated carbocycles. The Hall–Kier alpha value is -1.12. The van der Waals surface area contributed by atoms with Gasteiger partial charge < -0.3 is 5.11 Å². The van der Waals surface area contributed by atoms with Gasteiger partial charge in [0, 0.05) is 6.20 Å². The highest BCUT2D eigenvalue weighted by atomic mass is 127. The van der Waals surface area contributed by atoms with Crippen molar-refractivity contribution >= 4 is 28.6 Å². The van der Waals surface area contributed by atoms with Gasteiger partial charge in [-0.1, -0.05) is 0 Å². The van der Waals surface area contributed by atoms with Crippen LogP contribution in [0.5, 0.6) is 0 Å². The molecule has 0 unspecified atom stereocenters. The second-order valence-corrected chi connectivity index (χ2v) is 3.42. The van der Waals surface area contributed by atoms with Crippen molar-refractivity contribution in [1.29, 1.82) is 0 Å². The van der Waals surface area contributed by atoms with E-state index in [1.165, 1.54) is 6.20 Å². The van der Waals surface area contributed by atoms with Crippen LogP contribution in [0.1, 0.15) is 0 Å². The third kappa shape index (κ3) is 2.41. The van der Waals surface area contributed by atoms with E-state index in [0.717, 1.165) is 4.57 Å². The Bertz CT molecular complexity index is 447. The summed E-state index contributed by atoms with van der Waals surface area (Å²) >= 11 is 1.72. The summed E-state index contributed by atoms with van der Waals surface area (Å²) in [5.41, 5.74) is -1.22. The van der Waals surface area contributed by atoms with E-state index in [0.29, 0.717) is 0 Å². The highest BCUT2D eigenvalue weighted by Crippen LogP contribution is 1.92. The molecule has 0 saturated heterocycles. The van der Waals surface area contributed by atoms with Crippen LogP contribution in [0.4, 0.5) is 0 Å². The second-order valence-electron chi connectivity index (χ2n) is 2.26.